The van der Waals surface area contributed by atoms with Crippen molar-refractivity contribution in [2.75, 3.05) is 26.3 Å². The lowest BCUT2D eigenvalue weighted by Gasteiger charge is -2.26. The van der Waals surface area contributed by atoms with Crippen molar-refractivity contribution in [3.8, 4) is 11.4 Å². The molecular formula is C21H22Cl2N4O2S. The molecule has 4 rings (SSSR count). The Morgan fingerprint density at radius 2 is 1.90 bits per heavy atom. The van der Waals surface area contributed by atoms with Gasteiger partial charge in [0.2, 0.25) is 4.77 Å². The Bertz CT molecular complexity index is 1090. The Kier molecular flexibility index (Phi) is 6.75. The predicted octanol–water partition coefficient (Wildman–Crippen LogP) is 4.89. The van der Waals surface area contributed by atoms with Crippen molar-refractivity contribution < 1.29 is 9.47 Å². The van der Waals surface area contributed by atoms with Crippen LogP contribution in [0.4, 0.5) is 0 Å². The number of nitrogens with zero attached hydrogens (tertiary/aromatic N) is 4. The summed E-state index contributed by atoms with van der Waals surface area (Å²) in [5.41, 5.74) is 2.09. The number of aryl methyl sites for hydroxylation is 1. The van der Waals surface area contributed by atoms with E-state index in [1.165, 1.54) is 0 Å². The molecule has 30 heavy (non-hydrogen) atoms. The van der Waals surface area contributed by atoms with Gasteiger partial charge in [0, 0.05) is 18.1 Å². The number of para-hydroxylation sites is 1. The predicted molar refractivity (Wildman–Crippen MR) is 120 cm³/mol. The lowest BCUT2D eigenvalue weighted by molar-refractivity contribution is 0.0209. The van der Waals surface area contributed by atoms with Gasteiger partial charge in [-0.25, -0.2) is 4.68 Å². The summed E-state index contributed by atoms with van der Waals surface area (Å²) in [7, 11) is 0. The first kappa shape index (κ1) is 21.3. The number of hydrogen-bond acceptors (Lipinski definition) is 5. The lowest BCUT2D eigenvalue weighted by atomic mass is 10.2. The third-order valence-electron chi connectivity index (χ3n) is 4.95. The number of halogens is 2. The van der Waals surface area contributed by atoms with E-state index in [9.17, 15) is 0 Å². The van der Waals surface area contributed by atoms with Gasteiger partial charge in [0.15, 0.2) is 5.82 Å². The summed E-state index contributed by atoms with van der Waals surface area (Å²) in [6.07, 6.45) is 0. The average molecular weight is 465 g/mol. The second-order valence-corrected chi connectivity index (χ2v) is 8.26. The fraction of sp³-hybridized carbons (Fsp3) is 0.333. The van der Waals surface area contributed by atoms with Crippen LogP contribution in [0.5, 0.6) is 5.75 Å². The van der Waals surface area contributed by atoms with Crippen LogP contribution >= 0.6 is 35.4 Å². The first-order chi connectivity index (χ1) is 14.5. The van der Waals surface area contributed by atoms with Gasteiger partial charge >= 0.3 is 0 Å². The summed E-state index contributed by atoms with van der Waals surface area (Å²) < 4.78 is 15.8. The van der Waals surface area contributed by atoms with Crippen molar-refractivity contribution in [1.82, 2.24) is 19.2 Å². The summed E-state index contributed by atoms with van der Waals surface area (Å²) in [5.74, 6) is 1.25. The molecule has 1 fully saturated rings. The molecule has 1 aliphatic rings. The highest BCUT2D eigenvalue weighted by Gasteiger charge is 2.18. The molecule has 0 unspecified atom stereocenters. The molecule has 0 amide bonds. The van der Waals surface area contributed by atoms with Gasteiger partial charge in [-0.15, -0.1) is 0 Å². The molecule has 6 nitrogen and oxygen atoms in total. The fourth-order valence-electron chi connectivity index (χ4n) is 3.36. The third-order valence-corrected chi connectivity index (χ3v) is 5.87. The summed E-state index contributed by atoms with van der Waals surface area (Å²) in [4.78, 5) is 2.27. The minimum atomic E-state index is 0.218. The minimum Gasteiger partial charge on any atom is -0.484 e. The van der Waals surface area contributed by atoms with E-state index in [2.05, 4.69) is 17.9 Å². The average Bonchev–Trinajstić information content (AvgIpc) is 3.03. The Hall–Kier alpha value is -1.90. The van der Waals surface area contributed by atoms with E-state index < -0.39 is 0 Å². The molecule has 1 aliphatic heterocycles. The summed E-state index contributed by atoms with van der Waals surface area (Å²) in [6, 6.07) is 13.2. The van der Waals surface area contributed by atoms with Gasteiger partial charge in [-0.2, -0.15) is 5.10 Å². The highest BCUT2D eigenvalue weighted by atomic mass is 35.5. The SMILES string of the molecule is Cc1ccccc1-n1c(COc2ccc(Cl)cc2Cl)nn(CN2CCOCC2)c1=S. The number of rotatable bonds is 6. The normalized spacial score (nSPS) is 14.8. The summed E-state index contributed by atoms with van der Waals surface area (Å²) in [5, 5.41) is 5.80. The maximum Gasteiger partial charge on any atom is 0.203 e. The molecule has 0 atom stereocenters. The summed E-state index contributed by atoms with van der Waals surface area (Å²) in [6.45, 7) is 6.02. The maximum absolute atomic E-state index is 6.26. The molecule has 0 aliphatic carbocycles. The largest absolute Gasteiger partial charge is 0.484 e. The van der Waals surface area contributed by atoms with Crippen molar-refractivity contribution in [3.05, 3.63) is 68.7 Å². The summed E-state index contributed by atoms with van der Waals surface area (Å²) >= 11 is 18.1. The molecule has 0 radical (unpaired) electrons. The van der Waals surface area contributed by atoms with E-state index in [0.717, 1.165) is 37.6 Å². The first-order valence-corrected chi connectivity index (χ1v) is 10.8. The van der Waals surface area contributed by atoms with Crippen LogP contribution in [-0.4, -0.2) is 45.6 Å². The van der Waals surface area contributed by atoms with Crippen molar-refractivity contribution in [3.63, 3.8) is 0 Å². The van der Waals surface area contributed by atoms with E-state index in [-0.39, 0.29) is 6.61 Å². The second kappa shape index (κ2) is 9.49. The van der Waals surface area contributed by atoms with Crippen molar-refractivity contribution in [1.29, 1.82) is 0 Å². The van der Waals surface area contributed by atoms with Crippen LogP contribution in [0.25, 0.3) is 5.69 Å². The fourth-order valence-corrected chi connectivity index (χ4v) is 4.13. The Morgan fingerprint density at radius 1 is 1.13 bits per heavy atom. The van der Waals surface area contributed by atoms with Crippen molar-refractivity contribution in [2.45, 2.75) is 20.2 Å². The molecule has 9 heteroatoms. The van der Waals surface area contributed by atoms with Crippen LogP contribution in [0.1, 0.15) is 11.4 Å². The van der Waals surface area contributed by atoms with Gasteiger partial charge in [0.25, 0.3) is 0 Å². The van der Waals surface area contributed by atoms with Gasteiger partial charge in [0.1, 0.15) is 12.4 Å². The topological polar surface area (TPSA) is 44.5 Å². The number of hydrogen-bond donors (Lipinski definition) is 0. The molecule has 3 aromatic rings. The first-order valence-electron chi connectivity index (χ1n) is 9.65. The maximum atomic E-state index is 6.26. The van der Waals surface area contributed by atoms with E-state index >= 15 is 0 Å². The zero-order valence-electron chi connectivity index (χ0n) is 16.6. The number of ether oxygens (including phenoxy) is 2. The molecule has 0 spiro atoms. The quantitative estimate of drug-likeness (QED) is 0.486. The molecule has 2 heterocycles. The minimum absolute atomic E-state index is 0.218. The van der Waals surface area contributed by atoms with Crippen LogP contribution in [0, 0.1) is 11.7 Å². The van der Waals surface area contributed by atoms with Gasteiger partial charge in [-0.05, 0) is 49.0 Å². The Labute approximate surface area is 190 Å². The molecule has 158 valence electrons. The van der Waals surface area contributed by atoms with Gasteiger partial charge in [0.05, 0.1) is 30.6 Å². The van der Waals surface area contributed by atoms with Gasteiger partial charge in [-0.1, -0.05) is 41.4 Å². The number of aromatic nitrogens is 3. The van der Waals surface area contributed by atoms with Crippen LogP contribution in [-0.2, 0) is 18.0 Å². The lowest BCUT2D eigenvalue weighted by Crippen LogP contribution is -2.37. The molecule has 0 N–H and O–H groups in total. The Balaban J connectivity index is 1.67. The van der Waals surface area contributed by atoms with E-state index in [4.69, 9.17) is 50.0 Å². The number of benzene rings is 2. The molecule has 0 bridgehead atoms. The molecular weight excluding hydrogens is 443 g/mol. The van der Waals surface area contributed by atoms with Gasteiger partial charge < -0.3 is 9.47 Å². The monoisotopic (exact) mass is 464 g/mol. The number of morpholine rings is 1. The molecule has 1 aromatic heterocycles. The standard InChI is InChI=1S/C21H22Cl2N4O2S/c1-15-4-2-3-5-18(15)27-20(13-29-19-7-6-16(22)12-17(19)23)24-26(21(27)30)14-25-8-10-28-11-9-25/h2-7,12H,8-11,13-14H2,1H3. The van der Waals surface area contributed by atoms with Gasteiger partial charge in [-0.3, -0.25) is 9.47 Å². The zero-order valence-corrected chi connectivity index (χ0v) is 18.9. The van der Waals surface area contributed by atoms with Crippen LogP contribution < -0.4 is 4.74 Å². The smallest absolute Gasteiger partial charge is 0.203 e. The second-order valence-electron chi connectivity index (χ2n) is 7.06. The zero-order chi connectivity index (χ0) is 21.1. The molecule has 2 aromatic carbocycles. The van der Waals surface area contributed by atoms with Crippen LogP contribution in [0.3, 0.4) is 0 Å². The highest BCUT2D eigenvalue weighted by molar-refractivity contribution is 7.71. The molecule has 1 saturated heterocycles. The Morgan fingerprint density at radius 3 is 2.63 bits per heavy atom. The van der Waals surface area contributed by atoms with Crippen molar-refractivity contribution >= 4 is 35.4 Å². The van der Waals surface area contributed by atoms with E-state index in [1.54, 1.807) is 18.2 Å². The highest BCUT2D eigenvalue weighted by Crippen LogP contribution is 2.28. The third kappa shape index (κ3) is 4.71. The van der Waals surface area contributed by atoms with E-state index in [0.29, 0.717) is 33.1 Å². The molecule has 0 saturated carbocycles. The van der Waals surface area contributed by atoms with E-state index in [1.807, 2.05) is 27.4 Å². The van der Waals surface area contributed by atoms with Crippen molar-refractivity contribution in [2.24, 2.45) is 0 Å². The van der Waals surface area contributed by atoms with Crippen LogP contribution in [0.15, 0.2) is 42.5 Å². The van der Waals surface area contributed by atoms with Crippen LogP contribution in [0.2, 0.25) is 10.0 Å².